The number of amides is 1. The van der Waals surface area contributed by atoms with Gasteiger partial charge >= 0.3 is 0 Å². The van der Waals surface area contributed by atoms with Gasteiger partial charge in [-0.3, -0.25) is 9.52 Å². The Morgan fingerprint density at radius 3 is 2.96 bits per heavy atom. The maximum Gasteiger partial charge on any atom is 0.239 e. The Balaban J connectivity index is 1.58. The van der Waals surface area contributed by atoms with Crippen molar-refractivity contribution in [2.45, 2.75) is 31.8 Å². The number of benzene rings is 1. The predicted molar refractivity (Wildman–Crippen MR) is 96.7 cm³/mol. The summed E-state index contributed by atoms with van der Waals surface area (Å²) >= 11 is 1.27. The molecule has 1 aromatic heterocycles. The Hall–Kier alpha value is -1.84. The molecule has 0 aliphatic carbocycles. The van der Waals surface area contributed by atoms with E-state index in [9.17, 15) is 17.6 Å². The van der Waals surface area contributed by atoms with Crippen LogP contribution in [0.4, 0.5) is 4.39 Å². The molecular formula is C17H19FN2O4S2. The largest absolute Gasteiger partial charge is 0.377 e. The number of ether oxygens (including phenoxy) is 1. The maximum absolute atomic E-state index is 13.3. The molecule has 0 saturated carbocycles. The van der Waals surface area contributed by atoms with E-state index < -0.39 is 15.9 Å². The first kappa shape index (κ1) is 18.9. The number of nitrogens with one attached hydrogen (secondary N) is 1. The summed E-state index contributed by atoms with van der Waals surface area (Å²) in [5, 5.41) is 2.24. The van der Waals surface area contributed by atoms with Gasteiger partial charge in [0.15, 0.2) is 0 Å². The molecule has 6 nitrogen and oxygen atoms in total. The van der Waals surface area contributed by atoms with Crippen LogP contribution in [0.2, 0.25) is 0 Å². The molecule has 2 heterocycles. The van der Waals surface area contributed by atoms with Crippen LogP contribution in [0.5, 0.6) is 0 Å². The first-order valence-electron chi connectivity index (χ1n) is 8.26. The number of aromatic nitrogens is 1. The molecule has 140 valence electrons. The van der Waals surface area contributed by atoms with E-state index in [-0.39, 0.29) is 24.1 Å². The number of halogens is 1. The lowest BCUT2D eigenvalue weighted by Crippen LogP contribution is -2.38. The number of rotatable bonds is 6. The van der Waals surface area contributed by atoms with Gasteiger partial charge in [0.1, 0.15) is 10.8 Å². The summed E-state index contributed by atoms with van der Waals surface area (Å²) in [5.41, 5.74) is 1.06. The van der Waals surface area contributed by atoms with Crippen molar-refractivity contribution in [1.82, 2.24) is 9.71 Å². The summed E-state index contributed by atoms with van der Waals surface area (Å²) in [6, 6.07) is 6.00. The third-order valence-corrected chi connectivity index (χ3v) is 6.20. The highest BCUT2D eigenvalue weighted by Gasteiger charge is 2.24. The molecule has 0 spiro atoms. The van der Waals surface area contributed by atoms with Gasteiger partial charge in [-0.2, -0.15) is 0 Å². The summed E-state index contributed by atoms with van der Waals surface area (Å²) in [6.45, 7) is 0.551. The van der Waals surface area contributed by atoms with Crippen molar-refractivity contribution < 1.29 is 22.3 Å². The van der Waals surface area contributed by atoms with Crippen LogP contribution in [0, 0.1) is 5.82 Å². The van der Waals surface area contributed by atoms with Crippen LogP contribution < -0.4 is 4.72 Å². The van der Waals surface area contributed by atoms with Gasteiger partial charge in [0, 0.05) is 17.6 Å². The van der Waals surface area contributed by atoms with E-state index in [1.807, 2.05) is 0 Å². The Morgan fingerprint density at radius 1 is 1.38 bits per heavy atom. The zero-order chi connectivity index (χ0) is 18.6. The van der Waals surface area contributed by atoms with Gasteiger partial charge in [0.25, 0.3) is 0 Å². The third kappa shape index (κ3) is 5.33. The molecule has 2 aromatic rings. The van der Waals surface area contributed by atoms with Gasteiger partial charge in [-0.25, -0.2) is 17.8 Å². The van der Waals surface area contributed by atoms with E-state index in [0.29, 0.717) is 29.3 Å². The van der Waals surface area contributed by atoms with Gasteiger partial charge in [-0.15, -0.1) is 11.3 Å². The molecule has 1 N–H and O–H groups in total. The minimum atomic E-state index is -3.75. The van der Waals surface area contributed by atoms with Crippen LogP contribution in [-0.4, -0.2) is 37.8 Å². The van der Waals surface area contributed by atoms with Crippen LogP contribution in [0.1, 0.15) is 25.0 Å². The normalized spacial score (nSPS) is 17.8. The number of hydrogen-bond donors (Lipinski definition) is 1. The second-order valence-corrected chi connectivity index (χ2v) is 8.75. The van der Waals surface area contributed by atoms with Crippen LogP contribution in [-0.2, 0) is 26.0 Å². The van der Waals surface area contributed by atoms with Gasteiger partial charge in [0.2, 0.25) is 15.9 Å². The molecule has 1 aromatic carbocycles. The second kappa shape index (κ2) is 8.24. The SMILES string of the molecule is O=C(Cc1csc(-c2cccc(F)c2)n1)NS(=O)(=O)C[C@H]1CCCCO1. The van der Waals surface area contributed by atoms with Crippen LogP contribution in [0.3, 0.4) is 0 Å². The topological polar surface area (TPSA) is 85.4 Å². The van der Waals surface area contributed by atoms with E-state index in [1.54, 1.807) is 17.5 Å². The van der Waals surface area contributed by atoms with Crippen molar-refractivity contribution in [3.05, 3.63) is 41.2 Å². The molecule has 1 aliphatic rings. The average Bonchev–Trinajstić information content (AvgIpc) is 3.03. The molecule has 3 rings (SSSR count). The lowest BCUT2D eigenvalue weighted by Gasteiger charge is -2.22. The molecule has 1 saturated heterocycles. The standard InChI is InChI=1S/C17H19FN2O4S2/c18-13-5-3-4-12(8-13)17-19-14(10-25-17)9-16(21)20-26(22,23)11-15-6-1-2-7-24-15/h3-5,8,10,15H,1-2,6-7,9,11H2,(H,20,21)/t15-/m1/s1. The smallest absolute Gasteiger partial charge is 0.239 e. The minimum absolute atomic E-state index is 0.156. The van der Waals surface area contributed by atoms with Crippen molar-refractivity contribution >= 4 is 27.3 Å². The van der Waals surface area contributed by atoms with Crippen molar-refractivity contribution in [1.29, 1.82) is 0 Å². The minimum Gasteiger partial charge on any atom is -0.377 e. The van der Waals surface area contributed by atoms with Crippen molar-refractivity contribution in [3.8, 4) is 10.6 Å². The summed E-state index contributed by atoms with van der Waals surface area (Å²) in [6.07, 6.45) is 2.01. The monoisotopic (exact) mass is 398 g/mol. The fraction of sp³-hybridized carbons (Fsp3) is 0.412. The molecule has 1 aliphatic heterocycles. The zero-order valence-corrected chi connectivity index (χ0v) is 15.6. The Morgan fingerprint density at radius 2 is 2.23 bits per heavy atom. The number of thiazole rings is 1. The number of nitrogens with zero attached hydrogens (tertiary/aromatic N) is 1. The highest BCUT2D eigenvalue weighted by atomic mass is 32.2. The van der Waals surface area contributed by atoms with Crippen LogP contribution in [0.25, 0.3) is 10.6 Å². The molecule has 1 amide bonds. The average molecular weight is 398 g/mol. The van der Waals surface area contributed by atoms with Gasteiger partial charge in [-0.1, -0.05) is 12.1 Å². The van der Waals surface area contributed by atoms with E-state index in [1.165, 1.54) is 23.5 Å². The van der Waals surface area contributed by atoms with E-state index in [0.717, 1.165) is 12.8 Å². The van der Waals surface area contributed by atoms with E-state index in [4.69, 9.17) is 4.74 Å². The number of carbonyl (C=O) groups is 1. The van der Waals surface area contributed by atoms with E-state index >= 15 is 0 Å². The fourth-order valence-electron chi connectivity index (χ4n) is 2.74. The fourth-order valence-corrected chi connectivity index (χ4v) is 4.81. The highest BCUT2D eigenvalue weighted by Crippen LogP contribution is 2.24. The van der Waals surface area contributed by atoms with E-state index in [2.05, 4.69) is 9.71 Å². The molecule has 9 heteroatoms. The number of sulfonamides is 1. The van der Waals surface area contributed by atoms with Gasteiger partial charge in [-0.05, 0) is 31.4 Å². The summed E-state index contributed by atoms with van der Waals surface area (Å²) in [4.78, 5) is 16.3. The first-order chi connectivity index (χ1) is 12.4. The predicted octanol–water partition coefficient (Wildman–Crippen LogP) is 2.51. The Kier molecular flexibility index (Phi) is 6.00. The highest BCUT2D eigenvalue weighted by molar-refractivity contribution is 7.90. The molecule has 1 atom stereocenters. The van der Waals surface area contributed by atoms with Crippen molar-refractivity contribution in [2.75, 3.05) is 12.4 Å². The van der Waals surface area contributed by atoms with Crippen LogP contribution >= 0.6 is 11.3 Å². The molecule has 0 unspecified atom stereocenters. The number of hydrogen-bond acceptors (Lipinski definition) is 6. The second-order valence-electron chi connectivity index (χ2n) is 6.13. The molecule has 0 bridgehead atoms. The quantitative estimate of drug-likeness (QED) is 0.808. The van der Waals surface area contributed by atoms with Gasteiger partial charge < -0.3 is 4.74 Å². The molecule has 0 radical (unpaired) electrons. The summed E-state index contributed by atoms with van der Waals surface area (Å²) in [7, 11) is -3.75. The third-order valence-electron chi connectivity index (χ3n) is 3.91. The van der Waals surface area contributed by atoms with Crippen molar-refractivity contribution in [3.63, 3.8) is 0 Å². The summed E-state index contributed by atoms with van der Waals surface area (Å²) < 4.78 is 44.9. The molecule has 26 heavy (non-hydrogen) atoms. The Bertz CT molecular complexity index is 876. The maximum atomic E-state index is 13.3. The molecular weight excluding hydrogens is 379 g/mol. The zero-order valence-electron chi connectivity index (χ0n) is 14.0. The van der Waals surface area contributed by atoms with Gasteiger partial charge in [0.05, 0.1) is 24.0 Å². The molecule has 1 fully saturated rings. The lowest BCUT2D eigenvalue weighted by molar-refractivity contribution is -0.118. The van der Waals surface area contributed by atoms with Crippen molar-refractivity contribution in [2.24, 2.45) is 0 Å². The number of carbonyl (C=O) groups excluding carboxylic acids is 1. The first-order valence-corrected chi connectivity index (χ1v) is 10.8. The summed E-state index contributed by atoms with van der Waals surface area (Å²) in [5.74, 6) is -1.23. The van der Waals surface area contributed by atoms with Crippen LogP contribution in [0.15, 0.2) is 29.6 Å². The lowest BCUT2D eigenvalue weighted by atomic mass is 10.1. The Labute approximate surface area is 155 Å².